The molecule has 1 saturated heterocycles. The molecule has 0 spiro atoms. The number of hydrogen-bond donors (Lipinski definition) is 1. The highest BCUT2D eigenvalue weighted by Crippen LogP contribution is 2.22. The summed E-state index contributed by atoms with van der Waals surface area (Å²) >= 11 is 0. The first-order valence-corrected chi connectivity index (χ1v) is 10.0. The fourth-order valence-corrected chi connectivity index (χ4v) is 3.80. The van der Waals surface area contributed by atoms with Gasteiger partial charge in [0, 0.05) is 51.3 Å². The lowest BCUT2D eigenvalue weighted by Gasteiger charge is -2.37. The van der Waals surface area contributed by atoms with Gasteiger partial charge in [-0.1, -0.05) is 42.5 Å². The first-order chi connectivity index (χ1) is 14.1. The van der Waals surface area contributed by atoms with Gasteiger partial charge in [-0.15, -0.1) is 0 Å². The summed E-state index contributed by atoms with van der Waals surface area (Å²) in [6.45, 7) is 5.16. The Bertz CT molecular complexity index is 960. The van der Waals surface area contributed by atoms with Crippen LogP contribution in [-0.2, 0) is 7.05 Å². The maximum absolute atomic E-state index is 13.0. The minimum atomic E-state index is -0.279. The second-order valence-electron chi connectivity index (χ2n) is 7.50. The van der Waals surface area contributed by atoms with Crippen LogP contribution in [0.5, 0.6) is 0 Å². The highest BCUT2D eigenvalue weighted by atomic mass is 16.2. The molecule has 6 nitrogen and oxygen atoms in total. The molecular formula is C23H27N5O. The smallest absolute Gasteiger partial charge is 0.318 e. The van der Waals surface area contributed by atoms with E-state index < -0.39 is 0 Å². The van der Waals surface area contributed by atoms with Gasteiger partial charge in [0.2, 0.25) is 0 Å². The molecular weight excluding hydrogens is 362 g/mol. The van der Waals surface area contributed by atoms with E-state index >= 15 is 0 Å². The number of urea groups is 1. The minimum absolute atomic E-state index is 0.0502. The summed E-state index contributed by atoms with van der Waals surface area (Å²) < 4.78 is 1.95. The molecule has 150 valence electrons. The van der Waals surface area contributed by atoms with Gasteiger partial charge in [-0.3, -0.25) is 0 Å². The lowest BCUT2D eigenvalue weighted by atomic mass is 10.1. The summed E-state index contributed by atoms with van der Waals surface area (Å²) in [5.74, 6) is 0.822. The number of carbonyl (C=O) groups excluding carboxylic acids is 1. The standard InChI is InChI=1S/C23H27N5O/c1-18-7-6-10-20(17-18)27-13-15-28(16-14-27)23(29)25-21(19-8-4-3-5-9-19)22-24-11-12-26(22)2/h3-12,17,21H,13-16H2,1-2H3,(H,25,29). The molecule has 0 saturated carbocycles. The third-order valence-corrected chi connectivity index (χ3v) is 5.45. The molecule has 6 heteroatoms. The van der Waals surface area contributed by atoms with Crippen LogP contribution >= 0.6 is 0 Å². The van der Waals surface area contributed by atoms with Crippen LogP contribution in [0.3, 0.4) is 0 Å². The zero-order valence-electron chi connectivity index (χ0n) is 17.0. The van der Waals surface area contributed by atoms with Crippen molar-refractivity contribution >= 4 is 11.7 Å². The molecule has 1 aromatic heterocycles. The van der Waals surface area contributed by atoms with Crippen LogP contribution in [0.25, 0.3) is 0 Å². The van der Waals surface area contributed by atoms with Gasteiger partial charge in [-0.2, -0.15) is 0 Å². The molecule has 3 aromatic rings. The minimum Gasteiger partial charge on any atom is -0.368 e. The molecule has 0 aliphatic carbocycles. The number of hydrogen-bond acceptors (Lipinski definition) is 3. The number of imidazole rings is 1. The van der Waals surface area contributed by atoms with Gasteiger partial charge >= 0.3 is 6.03 Å². The fraction of sp³-hybridized carbons (Fsp3) is 0.304. The normalized spacial score (nSPS) is 15.2. The summed E-state index contributed by atoms with van der Waals surface area (Å²) in [5.41, 5.74) is 3.50. The molecule has 1 unspecified atom stereocenters. The Labute approximate surface area is 171 Å². The Morgan fingerprint density at radius 3 is 2.45 bits per heavy atom. The molecule has 1 aliphatic rings. The number of aromatic nitrogens is 2. The number of benzene rings is 2. The van der Waals surface area contributed by atoms with E-state index in [9.17, 15) is 4.79 Å². The van der Waals surface area contributed by atoms with Crippen molar-refractivity contribution in [3.63, 3.8) is 0 Å². The molecule has 1 atom stereocenters. The number of nitrogens with one attached hydrogen (secondary N) is 1. The highest BCUT2D eigenvalue weighted by Gasteiger charge is 2.26. The van der Waals surface area contributed by atoms with E-state index in [0.29, 0.717) is 13.1 Å². The molecule has 1 N–H and O–H groups in total. The van der Waals surface area contributed by atoms with Crippen molar-refractivity contribution in [2.45, 2.75) is 13.0 Å². The number of carbonyl (C=O) groups is 1. The van der Waals surface area contributed by atoms with Crippen molar-refractivity contribution in [2.75, 3.05) is 31.1 Å². The lowest BCUT2D eigenvalue weighted by Crippen LogP contribution is -2.52. The second kappa shape index (κ2) is 8.39. The average Bonchev–Trinajstić information content (AvgIpc) is 3.18. The quantitative estimate of drug-likeness (QED) is 0.745. The van der Waals surface area contributed by atoms with Gasteiger partial charge in [0.05, 0.1) is 0 Å². The third-order valence-electron chi connectivity index (χ3n) is 5.45. The maximum Gasteiger partial charge on any atom is 0.318 e. The molecule has 0 radical (unpaired) electrons. The molecule has 2 heterocycles. The molecule has 29 heavy (non-hydrogen) atoms. The number of aryl methyl sites for hydroxylation is 2. The van der Waals surface area contributed by atoms with Crippen LogP contribution in [0, 0.1) is 6.92 Å². The van der Waals surface area contributed by atoms with Crippen LogP contribution in [0.2, 0.25) is 0 Å². The zero-order chi connectivity index (χ0) is 20.2. The number of nitrogens with zero attached hydrogens (tertiary/aromatic N) is 4. The molecule has 4 rings (SSSR count). The van der Waals surface area contributed by atoms with Gasteiger partial charge in [-0.05, 0) is 30.2 Å². The zero-order valence-corrected chi connectivity index (χ0v) is 17.0. The Morgan fingerprint density at radius 1 is 1.03 bits per heavy atom. The van der Waals surface area contributed by atoms with Crippen molar-refractivity contribution < 1.29 is 4.79 Å². The first-order valence-electron chi connectivity index (χ1n) is 10.0. The average molecular weight is 390 g/mol. The van der Waals surface area contributed by atoms with E-state index in [0.717, 1.165) is 24.5 Å². The van der Waals surface area contributed by atoms with Crippen LogP contribution < -0.4 is 10.2 Å². The molecule has 0 bridgehead atoms. The van der Waals surface area contributed by atoms with E-state index in [-0.39, 0.29) is 12.1 Å². The Balaban J connectivity index is 1.44. The van der Waals surface area contributed by atoms with Gasteiger partial charge in [0.15, 0.2) is 0 Å². The lowest BCUT2D eigenvalue weighted by molar-refractivity contribution is 0.191. The monoisotopic (exact) mass is 389 g/mol. The Hall–Kier alpha value is -3.28. The van der Waals surface area contributed by atoms with Crippen molar-refractivity contribution in [3.05, 3.63) is 83.9 Å². The number of rotatable bonds is 4. The maximum atomic E-state index is 13.0. The van der Waals surface area contributed by atoms with E-state index in [1.807, 2.05) is 53.0 Å². The summed E-state index contributed by atoms with van der Waals surface area (Å²) in [6, 6.07) is 18.2. The van der Waals surface area contributed by atoms with E-state index in [1.165, 1.54) is 11.3 Å². The van der Waals surface area contributed by atoms with Crippen LogP contribution in [-0.4, -0.2) is 46.7 Å². The predicted octanol–water partition coefficient (Wildman–Crippen LogP) is 3.35. The number of piperazine rings is 1. The molecule has 2 aromatic carbocycles. The van der Waals surface area contributed by atoms with Gasteiger partial charge < -0.3 is 19.7 Å². The van der Waals surface area contributed by atoms with Crippen LogP contribution in [0.15, 0.2) is 67.0 Å². The van der Waals surface area contributed by atoms with Crippen molar-refractivity contribution in [1.29, 1.82) is 0 Å². The number of anilines is 1. The van der Waals surface area contributed by atoms with Gasteiger partial charge in [-0.25, -0.2) is 9.78 Å². The fourth-order valence-electron chi connectivity index (χ4n) is 3.80. The highest BCUT2D eigenvalue weighted by molar-refractivity contribution is 5.75. The molecule has 1 aliphatic heterocycles. The summed E-state index contributed by atoms with van der Waals surface area (Å²) in [6.07, 6.45) is 3.66. The SMILES string of the molecule is Cc1cccc(N2CCN(C(=O)NC(c3ccccc3)c3nccn3C)CC2)c1. The van der Waals surface area contributed by atoms with E-state index in [4.69, 9.17) is 0 Å². The van der Waals surface area contributed by atoms with Crippen LogP contribution in [0.1, 0.15) is 23.0 Å². The second-order valence-corrected chi connectivity index (χ2v) is 7.50. The predicted molar refractivity (Wildman–Crippen MR) is 115 cm³/mol. The summed E-state index contributed by atoms with van der Waals surface area (Å²) in [5, 5.41) is 3.20. The van der Waals surface area contributed by atoms with E-state index in [2.05, 4.69) is 46.4 Å². The van der Waals surface area contributed by atoms with Gasteiger partial charge in [0.25, 0.3) is 0 Å². The third kappa shape index (κ3) is 4.26. The number of amides is 2. The topological polar surface area (TPSA) is 53.4 Å². The van der Waals surface area contributed by atoms with Gasteiger partial charge in [0.1, 0.15) is 11.9 Å². The Morgan fingerprint density at radius 2 is 1.79 bits per heavy atom. The summed E-state index contributed by atoms with van der Waals surface area (Å²) in [7, 11) is 1.95. The van der Waals surface area contributed by atoms with Crippen molar-refractivity contribution in [3.8, 4) is 0 Å². The van der Waals surface area contributed by atoms with Crippen LogP contribution in [0.4, 0.5) is 10.5 Å². The first kappa shape index (κ1) is 19.1. The molecule has 1 fully saturated rings. The summed E-state index contributed by atoms with van der Waals surface area (Å²) in [4.78, 5) is 21.7. The van der Waals surface area contributed by atoms with E-state index in [1.54, 1.807) is 6.20 Å². The van der Waals surface area contributed by atoms with Crippen molar-refractivity contribution in [1.82, 2.24) is 19.8 Å². The Kier molecular flexibility index (Phi) is 5.51. The molecule has 2 amide bonds. The largest absolute Gasteiger partial charge is 0.368 e. The van der Waals surface area contributed by atoms with Crippen molar-refractivity contribution in [2.24, 2.45) is 7.05 Å².